The van der Waals surface area contributed by atoms with Gasteiger partial charge in [-0.1, -0.05) is 0 Å². The lowest BCUT2D eigenvalue weighted by Crippen LogP contribution is -2.11. The molecule has 17 heavy (non-hydrogen) atoms. The fourth-order valence-corrected chi connectivity index (χ4v) is 2.15. The van der Waals surface area contributed by atoms with E-state index in [1.807, 2.05) is 0 Å². The van der Waals surface area contributed by atoms with Crippen LogP contribution in [0, 0.1) is 17.6 Å². The second kappa shape index (κ2) is 5.36. The molecule has 1 atom stereocenters. The molecular weight excluding hydrogens is 224 g/mol. The maximum atomic E-state index is 13.3. The second-order valence-electron chi connectivity index (χ2n) is 4.44. The molecule has 1 saturated heterocycles. The van der Waals surface area contributed by atoms with Gasteiger partial charge in [0.05, 0.1) is 5.56 Å². The van der Waals surface area contributed by atoms with Crippen LogP contribution < -0.4 is 5.32 Å². The van der Waals surface area contributed by atoms with Gasteiger partial charge in [0.15, 0.2) is 5.78 Å². The molecule has 1 N–H and O–H groups in total. The molecule has 2 rings (SSSR count). The zero-order chi connectivity index (χ0) is 12.3. The maximum absolute atomic E-state index is 13.3. The Morgan fingerprint density at radius 3 is 2.88 bits per heavy atom. The average molecular weight is 239 g/mol. The molecule has 0 aromatic heterocycles. The molecule has 1 heterocycles. The topological polar surface area (TPSA) is 29.1 Å². The van der Waals surface area contributed by atoms with Crippen LogP contribution >= 0.6 is 0 Å². The summed E-state index contributed by atoms with van der Waals surface area (Å²) < 4.78 is 26.0. The standard InChI is InChI=1S/C13H15F2NO/c14-10-2-3-11(12(15)7-10)13(17)4-1-9-5-6-16-8-9/h2-3,7,9,16H,1,4-6,8H2. The molecule has 0 saturated carbocycles. The van der Waals surface area contributed by atoms with Gasteiger partial charge < -0.3 is 5.32 Å². The van der Waals surface area contributed by atoms with E-state index in [0.717, 1.165) is 38.1 Å². The van der Waals surface area contributed by atoms with Crippen LogP contribution in [0.25, 0.3) is 0 Å². The van der Waals surface area contributed by atoms with Gasteiger partial charge in [-0.05, 0) is 44.0 Å². The highest BCUT2D eigenvalue weighted by molar-refractivity contribution is 5.96. The van der Waals surface area contributed by atoms with E-state index in [1.165, 1.54) is 6.07 Å². The fourth-order valence-electron chi connectivity index (χ4n) is 2.15. The van der Waals surface area contributed by atoms with Crippen molar-refractivity contribution in [3.8, 4) is 0 Å². The zero-order valence-electron chi connectivity index (χ0n) is 9.51. The van der Waals surface area contributed by atoms with E-state index in [-0.39, 0.29) is 11.3 Å². The van der Waals surface area contributed by atoms with Crippen molar-refractivity contribution in [2.75, 3.05) is 13.1 Å². The summed E-state index contributed by atoms with van der Waals surface area (Å²) in [6.07, 6.45) is 2.16. The third-order valence-electron chi connectivity index (χ3n) is 3.17. The van der Waals surface area contributed by atoms with Crippen LogP contribution in [0.4, 0.5) is 8.78 Å². The molecule has 0 radical (unpaired) electrons. The third-order valence-corrected chi connectivity index (χ3v) is 3.17. The van der Waals surface area contributed by atoms with Gasteiger partial charge in [-0.15, -0.1) is 0 Å². The number of carbonyl (C=O) groups excluding carboxylic acids is 1. The van der Waals surface area contributed by atoms with Crippen molar-refractivity contribution in [2.24, 2.45) is 5.92 Å². The minimum absolute atomic E-state index is 0.00245. The van der Waals surface area contributed by atoms with Gasteiger partial charge in [0.25, 0.3) is 0 Å². The Balaban J connectivity index is 1.94. The lowest BCUT2D eigenvalue weighted by atomic mass is 9.98. The van der Waals surface area contributed by atoms with Crippen LogP contribution in [-0.2, 0) is 0 Å². The first-order valence-corrected chi connectivity index (χ1v) is 5.86. The van der Waals surface area contributed by atoms with Crippen LogP contribution in [0.1, 0.15) is 29.6 Å². The van der Waals surface area contributed by atoms with Gasteiger partial charge >= 0.3 is 0 Å². The molecule has 0 spiro atoms. The van der Waals surface area contributed by atoms with Crippen molar-refractivity contribution in [3.05, 3.63) is 35.4 Å². The van der Waals surface area contributed by atoms with Crippen LogP contribution in [0.3, 0.4) is 0 Å². The minimum Gasteiger partial charge on any atom is -0.316 e. The van der Waals surface area contributed by atoms with Crippen LogP contribution in [0.2, 0.25) is 0 Å². The molecule has 0 amide bonds. The second-order valence-corrected chi connectivity index (χ2v) is 4.44. The molecule has 1 aliphatic rings. The van der Waals surface area contributed by atoms with Crippen molar-refractivity contribution in [1.29, 1.82) is 0 Å². The Morgan fingerprint density at radius 1 is 1.41 bits per heavy atom. The van der Waals surface area contributed by atoms with Crippen LogP contribution in [0.15, 0.2) is 18.2 Å². The third kappa shape index (κ3) is 3.09. The molecule has 1 fully saturated rings. The SMILES string of the molecule is O=C(CCC1CCNC1)c1ccc(F)cc1F. The predicted octanol–water partition coefficient (Wildman–Crippen LogP) is 2.54. The minimum atomic E-state index is -0.764. The lowest BCUT2D eigenvalue weighted by Gasteiger charge is -2.07. The van der Waals surface area contributed by atoms with E-state index >= 15 is 0 Å². The maximum Gasteiger partial charge on any atom is 0.165 e. The smallest absolute Gasteiger partial charge is 0.165 e. The Kier molecular flexibility index (Phi) is 3.84. The van der Waals surface area contributed by atoms with Gasteiger partial charge in [-0.2, -0.15) is 0 Å². The summed E-state index contributed by atoms with van der Waals surface area (Å²) in [7, 11) is 0. The average Bonchev–Trinajstić information content (AvgIpc) is 2.78. The Hall–Kier alpha value is -1.29. The molecule has 1 unspecified atom stereocenters. The van der Waals surface area contributed by atoms with Crippen molar-refractivity contribution < 1.29 is 13.6 Å². The molecule has 1 aromatic carbocycles. The number of hydrogen-bond acceptors (Lipinski definition) is 2. The summed E-state index contributed by atoms with van der Waals surface area (Å²) in [4.78, 5) is 11.8. The monoisotopic (exact) mass is 239 g/mol. The Morgan fingerprint density at radius 2 is 2.24 bits per heavy atom. The van der Waals surface area contributed by atoms with E-state index < -0.39 is 11.6 Å². The largest absolute Gasteiger partial charge is 0.316 e. The van der Waals surface area contributed by atoms with E-state index in [0.29, 0.717) is 12.3 Å². The van der Waals surface area contributed by atoms with Gasteiger partial charge in [-0.3, -0.25) is 4.79 Å². The van der Waals surface area contributed by atoms with Gasteiger partial charge in [-0.25, -0.2) is 8.78 Å². The van der Waals surface area contributed by atoms with E-state index in [1.54, 1.807) is 0 Å². The van der Waals surface area contributed by atoms with Crippen LogP contribution in [-0.4, -0.2) is 18.9 Å². The van der Waals surface area contributed by atoms with E-state index in [2.05, 4.69) is 5.32 Å². The molecule has 1 aliphatic heterocycles. The number of halogens is 2. The number of ketones is 1. The highest BCUT2D eigenvalue weighted by atomic mass is 19.1. The first-order valence-electron chi connectivity index (χ1n) is 5.86. The molecule has 92 valence electrons. The van der Waals surface area contributed by atoms with E-state index in [4.69, 9.17) is 0 Å². The number of hydrogen-bond donors (Lipinski definition) is 1. The molecule has 2 nitrogen and oxygen atoms in total. The normalized spacial score (nSPS) is 19.5. The highest BCUT2D eigenvalue weighted by Gasteiger charge is 2.18. The summed E-state index contributed by atoms with van der Waals surface area (Å²) in [6, 6.07) is 3.09. The van der Waals surface area contributed by atoms with Crippen molar-refractivity contribution in [3.63, 3.8) is 0 Å². The Labute approximate surface area is 99.0 Å². The number of benzene rings is 1. The number of rotatable bonds is 4. The fraction of sp³-hybridized carbons (Fsp3) is 0.462. The molecular formula is C13H15F2NO. The predicted molar refractivity (Wildman–Crippen MR) is 60.9 cm³/mol. The summed E-state index contributed by atoms with van der Waals surface area (Å²) in [5.41, 5.74) is -0.00245. The Bertz CT molecular complexity index is 414. The summed E-state index contributed by atoms with van der Waals surface area (Å²) in [5.74, 6) is -1.16. The van der Waals surface area contributed by atoms with Crippen molar-refractivity contribution >= 4 is 5.78 Å². The zero-order valence-corrected chi connectivity index (χ0v) is 9.51. The molecule has 4 heteroatoms. The quantitative estimate of drug-likeness (QED) is 0.818. The van der Waals surface area contributed by atoms with Crippen molar-refractivity contribution in [1.82, 2.24) is 5.32 Å². The summed E-state index contributed by atoms with van der Waals surface area (Å²) in [6.45, 7) is 1.92. The first kappa shape index (κ1) is 12.2. The van der Waals surface area contributed by atoms with Gasteiger partial charge in [0, 0.05) is 12.5 Å². The summed E-state index contributed by atoms with van der Waals surface area (Å²) >= 11 is 0. The number of nitrogens with one attached hydrogen (secondary N) is 1. The van der Waals surface area contributed by atoms with Crippen LogP contribution in [0.5, 0.6) is 0 Å². The van der Waals surface area contributed by atoms with Gasteiger partial charge in [0.2, 0.25) is 0 Å². The molecule has 1 aromatic rings. The summed E-state index contributed by atoms with van der Waals surface area (Å²) in [5, 5.41) is 3.22. The number of Topliss-reactive ketones (excluding diaryl/α,β-unsaturated/α-hetero) is 1. The lowest BCUT2D eigenvalue weighted by molar-refractivity contribution is 0.0970. The van der Waals surface area contributed by atoms with Gasteiger partial charge in [0.1, 0.15) is 11.6 Å². The van der Waals surface area contributed by atoms with E-state index in [9.17, 15) is 13.6 Å². The molecule has 0 aliphatic carbocycles. The highest BCUT2D eigenvalue weighted by Crippen LogP contribution is 2.18. The van der Waals surface area contributed by atoms with Crippen molar-refractivity contribution in [2.45, 2.75) is 19.3 Å². The molecule has 0 bridgehead atoms. The number of carbonyl (C=O) groups is 1. The first-order chi connectivity index (χ1) is 8.16.